The van der Waals surface area contributed by atoms with E-state index in [1.54, 1.807) is 9.42 Å². The maximum Gasteiger partial charge on any atom is 0.276 e. The highest BCUT2D eigenvalue weighted by molar-refractivity contribution is 5.77. The molecule has 0 saturated carbocycles. The number of nitrogens with zero attached hydrogens (tertiary/aromatic N) is 4. The monoisotopic (exact) mass is 425 g/mol. The number of fused-ring (bicyclic) bond motifs is 2. The van der Waals surface area contributed by atoms with Crippen molar-refractivity contribution in [3.8, 4) is 0 Å². The van der Waals surface area contributed by atoms with Crippen LogP contribution in [0.25, 0.3) is 5.65 Å². The van der Waals surface area contributed by atoms with Crippen molar-refractivity contribution < 1.29 is 9.53 Å². The zero-order chi connectivity index (χ0) is 21.4. The van der Waals surface area contributed by atoms with Crippen LogP contribution < -0.4 is 5.56 Å². The molecule has 1 N–H and O–H groups in total. The normalized spacial score (nSPS) is 24.1. The van der Waals surface area contributed by atoms with E-state index in [2.05, 4.69) is 22.2 Å². The Morgan fingerprint density at radius 1 is 1.29 bits per heavy atom. The topological polar surface area (TPSA) is 82.9 Å². The fraction of sp³-hybridized carbons (Fsp3) is 0.609. The van der Waals surface area contributed by atoms with Gasteiger partial charge >= 0.3 is 0 Å². The number of aromatic amines is 1. The molecule has 3 aliphatic rings. The van der Waals surface area contributed by atoms with Gasteiger partial charge in [-0.05, 0) is 51.0 Å². The molecule has 1 amide bonds. The molecule has 2 aliphatic heterocycles. The number of methoxy groups -OCH3 is 1. The van der Waals surface area contributed by atoms with Gasteiger partial charge in [0, 0.05) is 31.8 Å². The van der Waals surface area contributed by atoms with Crippen molar-refractivity contribution in [1.29, 1.82) is 0 Å². The number of aromatic nitrogens is 3. The Bertz CT molecular complexity index is 1060. The second-order valence-electron chi connectivity index (χ2n) is 9.05. The van der Waals surface area contributed by atoms with Crippen LogP contribution in [0.3, 0.4) is 0 Å². The standard InChI is InChI=1S/C23H31N5O3/c1-31-15-22(29)27-11-9-17-19(14-27)24-21-12-18(25-28(21)23(17)30)20-8-5-10-26(20)13-16-6-3-2-4-7-16/h2-3,12,16,20,25H,4-11,13-15H2,1H3. The number of hydrogen-bond acceptors (Lipinski definition) is 5. The van der Waals surface area contributed by atoms with Gasteiger partial charge in [-0.2, -0.15) is 0 Å². The van der Waals surface area contributed by atoms with Gasteiger partial charge < -0.3 is 9.64 Å². The van der Waals surface area contributed by atoms with Crippen molar-refractivity contribution in [2.45, 2.75) is 51.1 Å². The highest BCUT2D eigenvalue weighted by atomic mass is 16.5. The summed E-state index contributed by atoms with van der Waals surface area (Å²) >= 11 is 0. The van der Waals surface area contributed by atoms with E-state index in [1.165, 1.54) is 32.8 Å². The van der Waals surface area contributed by atoms with E-state index >= 15 is 0 Å². The Kier molecular flexibility index (Phi) is 5.67. The zero-order valence-corrected chi connectivity index (χ0v) is 18.2. The SMILES string of the molecule is COCC(=O)N1CCc2c(nc3cc(C4CCCN4CC4CC=CCC4)[nH]n3c2=O)C1. The summed E-state index contributed by atoms with van der Waals surface area (Å²) in [6, 6.07) is 2.34. The summed E-state index contributed by atoms with van der Waals surface area (Å²) in [6.07, 6.45) is 11.0. The van der Waals surface area contributed by atoms with Crippen LogP contribution in [-0.2, 0) is 22.5 Å². The Balaban J connectivity index is 1.40. The van der Waals surface area contributed by atoms with Gasteiger partial charge in [0.25, 0.3) is 5.56 Å². The van der Waals surface area contributed by atoms with Gasteiger partial charge in [-0.3, -0.25) is 19.6 Å². The first kappa shape index (κ1) is 20.5. The third-order valence-electron chi connectivity index (χ3n) is 7.00. The lowest BCUT2D eigenvalue weighted by Crippen LogP contribution is -2.41. The van der Waals surface area contributed by atoms with Gasteiger partial charge in [0.1, 0.15) is 6.61 Å². The number of nitrogens with one attached hydrogen (secondary N) is 1. The van der Waals surface area contributed by atoms with Crippen LogP contribution in [0, 0.1) is 5.92 Å². The number of allylic oxidation sites excluding steroid dienone is 2. The average Bonchev–Trinajstić information content (AvgIpc) is 3.41. The molecule has 1 fully saturated rings. The molecule has 2 unspecified atom stereocenters. The predicted octanol–water partition coefficient (Wildman–Crippen LogP) is 2.05. The first-order chi connectivity index (χ1) is 15.1. The molecular weight excluding hydrogens is 394 g/mol. The second-order valence-corrected chi connectivity index (χ2v) is 9.05. The van der Waals surface area contributed by atoms with Crippen LogP contribution in [0.5, 0.6) is 0 Å². The lowest BCUT2D eigenvalue weighted by atomic mass is 9.93. The summed E-state index contributed by atoms with van der Waals surface area (Å²) in [5.41, 5.74) is 3.11. The molecule has 1 aliphatic carbocycles. The first-order valence-corrected chi connectivity index (χ1v) is 11.4. The minimum atomic E-state index is -0.0657. The molecule has 0 spiro atoms. The highest BCUT2D eigenvalue weighted by Gasteiger charge is 2.31. The number of likely N-dealkylation sites (tertiary alicyclic amines) is 1. The van der Waals surface area contributed by atoms with Crippen molar-refractivity contribution in [2.24, 2.45) is 5.92 Å². The highest BCUT2D eigenvalue weighted by Crippen LogP contribution is 2.33. The summed E-state index contributed by atoms with van der Waals surface area (Å²) in [7, 11) is 1.52. The van der Waals surface area contributed by atoms with E-state index in [0.29, 0.717) is 42.5 Å². The van der Waals surface area contributed by atoms with E-state index in [0.717, 1.165) is 31.1 Å². The third-order valence-corrected chi connectivity index (χ3v) is 7.00. The Hall–Kier alpha value is -2.45. The number of H-pyrrole nitrogens is 1. The maximum atomic E-state index is 13.1. The largest absolute Gasteiger partial charge is 0.375 e. The van der Waals surface area contributed by atoms with E-state index in [-0.39, 0.29) is 18.1 Å². The van der Waals surface area contributed by atoms with Crippen molar-refractivity contribution >= 4 is 11.6 Å². The maximum absolute atomic E-state index is 13.1. The molecule has 2 atom stereocenters. The molecule has 8 nitrogen and oxygen atoms in total. The Labute approximate surface area is 181 Å². The smallest absolute Gasteiger partial charge is 0.276 e. The molecule has 2 aromatic heterocycles. The Morgan fingerprint density at radius 2 is 2.19 bits per heavy atom. The number of carbonyl (C=O) groups is 1. The van der Waals surface area contributed by atoms with Gasteiger partial charge in [-0.25, -0.2) is 9.50 Å². The minimum Gasteiger partial charge on any atom is -0.375 e. The second kappa shape index (κ2) is 8.59. The molecule has 4 heterocycles. The average molecular weight is 426 g/mol. The zero-order valence-electron chi connectivity index (χ0n) is 18.2. The van der Waals surface area contributed by atoms with Crippen LogP contribution in [0.2, 0.25) is 0 Å². The molecule has 8 heteroatoms. The van der Waals surface area contributed by atoms with Crippen molar-refractivity contribution in [1.82, 2.24) is 24.4 Å². The Morgan fingerprint density at radius 3 is 3.00 bits per heavy atom. The molecular formula is C23H31N5O3. The predicted molar refractivity (Wildman–Crippen MR) is 117 cm³/mol. The fourth-order valence-electron chi connectivity index (χ4n) is 5.36. The van der Waals surface area contributed by atoms with Gasteiger partial charge in [0.15, 0.2) is 5.65 Å². The van der Waals surface area contributed by atoms with Crippen LogP contribution in [0.15, 0.2) is 23.0 Å². The van der Waals surface area contributed by atoms with Crippen LogP contribution in [-0.4, -0.2) is 63.7 Å². The number of ether oxygens (including phenoxy) is 1. The van der Waals surface area contributed by atoms with E-state index in [4.69, 9.17) is 9.72 Å². The van der Waals surface area contributed by atoms with E-state index in [1.807, 2.05) is 6.07 Å². The summed E-state index contributed by atoms with van der Waals surface area (Å²) < 4.78 is 6.57. The molecule has 5 rings (SSSR count). The lowest BCUT2D eigenvalue weighted by molar-refractivity contribution is -0.136. The molecule has 0 radical (unpaired) electrons. The first-order valence-electron chi connectivity index (χ1n) is 11.4. The molecule has 166 valence electrons. The number of amides is 1. The van der Waals surface area contributed by atoms with Crippen LogP contribution >= 0.6 is 0 Å². The molecule has 0 bridgehead atoms. The lowest BCUT2D eigenvalue weighted by Gasteiger charge is -2.29. The van der Waals surface area contributed by atoms with Gasteiger partial charge in [-0.15, -0.1) is 0 Å². The summed E-state index contributed by atoms with van der Waals surface area (Å²) in [4.78, 5) is 34.4. The van der Waals surface area contributed by atoms with Gasteiger partial charge in [0.2, 0.25) is 5.91 Å². The van der Waals surface area contributed by atoms with Crippen molar-refractivity contribution in [3.63, 3.8) is 0 Å². The molecule has 31 heavy (non-hydrogen) atoms. The van der Waals surface area contributed by atoms with Gasteiger partial charge in [0.05, 0.1) is 24.0 Å². The number of carbonyl (C=O) groups excluding carboxylic acids is 1. The van der Waals surface area contributed by atoms with Gasteiger partial charge in [-0.1, -0.05) is 12.2 Å². The van der Waals surface area contributed by atoms with Crippen molar-refractivity contribution in [3.05, 3.63) is 45.5 Å². The van der Waals surface area contributed by atoms with Crippen LogP contribution in [0.4, 0.5) is 0 Å². The van der Waals surface area contributed by atoms with Crippen molar-refractivity contribution in [2.75, 3.05) is 33.4 Å². The minimum absolute atomic E-state index is 0.0351. The molecule has 2 aromatic rings. The van der Waals surface area contributed by atoms with E-state index < -0.39 is 0 Å². The van der Waals surface area contributed by atoms with Crippen LogP contribution in [0.1, 0.15) is 55.1 Å². The summed E-state index contributed by atoms with van der Waals surface area (Å²) in [5, 5.41) is 3.36. The molecule has 1 saturated heterocycles. The third kappa shape index (κ3) is 3.94. The van der Waals surface area contributed by atoms with E-state index in [9.17, 15) is 9.59 Å². The number of hydrogen-bond donors (Lipinski definition) is 1. The summed E-state index contributed by atoms with van der Waals surface area (Å²) in [5.74, 6) is 0.655. The molecule has 0 aromatic carbocycles. The number of rotatable bonds is 5. The fourth-order valence-corrected chi connectivity index (χ4v) is 5.36. The summed E-state index contributed by atoms with van der Waals surface area (Å²) in [6.45, 7) is 3.17. The quantitative estimate of drug-likeness (QED) is 0.742.